The van der Waals surface area contributed by atoms with Crippen molar-refractivity contribution in [3.8, 4) is 0 Å². The Hall–Kier alpha value is -3.47. The number of carboxylic acid groups (broad SMARTS) is 2. The van der Waals surface area contributed by atoms with E-state index in [2.05, 4.69) is 16.0 Å². The molecule has 206 valence electrons. The molecule has 11 heteroatoms. The van der Waals surface area contributed by atoms with Crippen molar-refractivity contribution in [3.05, 3.63) is 35.9 Å². The van der Waals surface area contributed by atoms with Crippen LogP contribution < -0.4 is 21.7 Å². The number of carbonyl (C=O) groups excluding carboxylic acids is 3. The molecule has 0 heterocycles. The molecule has 1 aromatic carbocycles. The molecule has 3 amide bonds. The third-order valence-corrected chi connectivity index (χ3v) is 6.03. The average molecular weight is 521 g/mol. The number of benzene rings is 1. The van der Waals surface area contributed by atoms with Gasteiger partial charge in [0.05, 0.1) is 6.04 Å². The number of amides is 3. The minimum atomic E-state index is -1.45. The van der Waals surface area contributed by atoms with E-state index in [-0.39, 0.29) is 24.7 Å². The van der Waals surface area contributed by atoms with E-state index < -0.39 is 60.2 Å². The largest absolute Gasteiger partial charge is 0.481 e. The Labute approximate surface area is 217 Å². The Bertz CT molecular complexity index is 923. The maximum atomic E-state index is 13.3. The molecule has 1 rings (SSSR count). The van der Waals surface area contributed by atoms with E-state index in [9.17, 15) is 29.1 Å². The average Bonchev–Trinajstić information content (AvgIpc) is 2.83. The minimum absolute atomic E-state index is 0.0533. The van der Waals surface area contributed by atoms with Gasteiger partial charge in [0.15, 0.2) is 0 Å². The third kappa shape index (κ3) is 11.4. The van der Waals surface area contributed by atoms with Crippen LogP contribution in [0.2, 0.25) is 0 Å². The summed E-state index contributed by atoms with van der Waals surface area (Å²) in [7, 11) is 0. The number of hydrogen-bond acceptors (Lipinski definition) is 6. The Morgan fingerprint density at radius 2 is 1.46 bits per heavy atom. The van der Waals surface area contributed by atoms with Crippen molar-refractivity contribution in [1.82, 2.24) is 16.0 Å². The molecule has 5 atom stereocenters. The van der Waals surface area contributed by atoms with Crippen LogP contribution in [0.4, 0.5) is 0 Å². The summed E-state index contributed by atoms with van der Waals surface area (Å²) in [5.74, 6) is -4.54. The van der Waals surface area contributed by atoms with Crippen molar-refractivity contribution >= 4 is 29.7 Å². The highest BCUT2D eigenvalue weighted by Crippen LogP contribution is 2.12. The monoisotopic (exact) mass is 520 g/mol. The molecule has 0 saturated carbocycles. The van der Waals surface area contributed by atoms with Crippen LogP contribution in [0.3, 0.4) is 0 Å². The van der Waals surface area contributed by atoms with E-state index in [0.29, 0.717) is 18.4 Å². The highest BCUT2D eigenvalue weighted by atomic mass is 16.4. The summed E-state index contributed by atoms with van der Waals surface area (Å²) in [6.45, 7) is 7.51. The number of aliphatic carboxylic acids is 2. The van der Waals surface area contributed by atoms with Crippen LogP contribution in [0.25, 0.3) is 0 Å². The van der Waals surface area contributed by atoms with Crippen molar-refractivity contribution in [1.29, 1.82) is 0 Å². The molecule has 37 heavy (non-hydrogen) atoms. The molecule has 0 fully saturated rings. The lowest BCUT2D eigenvalue weighted by atomic mass is 9.96. The molecule has 11 nitrogen and oxygen atoms in total. The van der Waals surface area contributed by atoms with Crippen LogP contribution in [0.1, 0.15) is 58.9 Å². The molecule has 0 saturated heterocycles. The zero-order valence-corrected chi connectivity index (χ0v) is 21.9. The highest BCUT2D eigenvalue weighted by Gasteiger charge is 2.32. The number of hydrogen-bond donors (Lipinski definition) is 6. The summed E-state index contributed by atoms with van der Waals surface area (Å²) in [4.78, 5) is 61.6. The van der Waals surface area contributed by atoms with E-state index in [1.807, 2.05) is 20.8 Å². The summed E-state index contributed by atoms with van der Waals surface area (Å²) in [6.07, 6.45) is 0.279. The smallest absolute Gasteiger partial charge is 0.326 e. The molecule has 0 aromatic heterocycles. The van der Waals surface area contributed by atoms with Crippen LogP contribution in [0.15, 0.2) is 30.3 Å². The topological polar surface area (TPSA) is 188 Å². The van der Waals surface area contributed by atoms with Gasteiger partial charge >= 0.3 is 11.9 Å². The summed E-state index contributed by atoms with van der Waals surface area (Å²) in [5, 5.41) is 26.0. The predicted molar refractivity (Wildman–Crippen MR) is 137 cm³/mol. The molecule has 0 aliphatic heterocycles. The molecule has 0 aliphatic rings. The molecule has 0 bridgehead atoms. The third-order valence-electron chi connectivity index (χ3n) is 6.03. The van der Waals surface area contributed by atoms with Gasteiger partial charge in [-0.3, -0.25) is 19.2 Å². The number of nitrogens with one attached hydrogen (secondary N) is 3. The molecule has 0 radical (unpaired) electrons. The van der Waals surface area contributed by atoms with Crippen LogP contribution in [-0.2, 0) is 30.4 Å². The maximum absolute atomic E-state index is 13.3. The molecule has 7 N–H and O–H groups in total. The van der Waals surface area contributed by atoms with E-state index in [1.165, 1.54) is 0 Å². The van der Waals surface area contributed by atoms with Crippen LogP contribution >= 0.6 is 0 Å². The van der Waals surface area contributed by atoms with E-state index >= 15 is 0 Å². The molecule has 5 unspecified atom stereocenters. The van der Waals surface area contributed by atoms with Crippen LogP contribution in [0, 0.1) is 11.8 Å². The van der Waals surface area contributed by atoms with E-state index in [1.54, 1.807) is 37.3 Å². The second-order valence-electron chi connectivity index (χ2n) is 9.69. The van der Waals surface area contributed by atoms with Crippen LogP contribution in [0.5, 0.6) is 0 Å². The number of carbonyl (C=O) groups is 5. The van der Waals surface area contributed by atoms with Crippen LogP contribution in [-0.4, -0.2) is 64.0 Å². The summed E-state index contributed by atoms with van der Waals surface area (Å²) < 4.78 is 0. The second kappa shape index (κ2) is 15.6. The first-order valence-corrected chi connectivity index (χ1v) is 12.5. The summed E-state index contributed by atoms with van der Waals surface area (Å²) in [6, 6.07) is 4.44. The predicted octanol–water partition coefficient (Wildman–Crippen LogP) is 1.05. The number of carboxylic acids is 2. The number of nitrogens with two attached hydrogens (primary N) is 1. The van der Waals surface area contributed by atoms with Gasteiger partial charge in [-0.15, -0.1) is 0 Å². The molecular formula is C26H40N4O7. The fraction of sp³-hybridized carbons (Fsp3) is 0.577. The standard InChI is InChI=1S/C26H40N4O7/c1-5-16(4)22(30-23(33)18(27)13-15(2)3)25(35)29-20(14-17-9-7-6-8-10-17)24(34)28-19(26(36)37)11-12-21(31)32/h6-10,15-16,18-20,22H,5,11-14,27H2,1-4H3,(H,28,34)(H,29,35)(H,30,33)(H,31,32)(H,36,37). The van der Waals surface area contributed by atoms with Crippen molar-refractivity contribution in [3.63, 3.8) is 0 Å². The lowest BCUT2D eigenvalue weighted by molar-refractivity contribution is -0.143. The van der Waals surface area contributed by atoms with Gasteiger partial charge in [-0.1, -0.05) is 64.4 Å². The highest BCUT2D eigenvalue weighted by molar-refractivity contribution is 5.94. The quantitative estimate of drug-likeness (QED) is 0.186. The first-order valence-electron chi connectivity index (χ1n) is 12.5. The van der Waals surface area contributed by atoms with Crippen molar-refractivity contribution in [2.24, 2.45) is 17.6 Å². The van der Waals surface area contributed by atoms with Crippen molar-refractivity contribution < 1.29 is 34.2 Å². The first kappa shape index (κ1) is 31.6. The van der Waals surface area contributed by atoms with Crippen molar-refractivity contribution in [2.45, 2.75) is 84.0 Å². The van der Waals surface area contributed by atoms with Gasteiger partial charge in [0.1, 0.15) is 18.1 Å². The summed E-state index contributed by atoms with van der Waals surface area (Å²) in [5.41, 5.74) is 6.70. The lowest BCUT2D eigenvalue weighted by Crippen LogP contribution is -2.59. The van der Waals surface area contributed by atoms with Gasteiger partial charge < -0.3 is 31.9 Å². The molecule has 0 aliphatic carbocycles. The molecule has 0 spiro atoms. The molecule has 1 aromatic rings. The van der Waals surface area contributed by atoms with E-state index in [4.69, 9.17) is 10.8 Å². The van der Waals surface area contributed by atoms with Gasteiger partial charge in [0.2, 0.25) is 17.7 Å². The first-order chi connectivity index (χ1) is 17.3. The Kier molecular flexibility index (Phi) is 13.3. The zero-order valence-electron chi connectivity index (χ0n) is 21.9. The number of rotatable bonds is 16. The SMILES string of the molecule is CCC(C)C(NC(=O)C(N)CC(C)C)C(=O)NC(Cc1ccccc1)C(=O)NC(CCC(=O)O)C(=O)O. The second-order valence-corrected chi connectivity index (χ2v) is 9.69. The fourth-order valence-electron chi connectivity index (χ4n) is 3.70. The zero-order chi connectivity index (χ0) is 28.1. The fourth-order valence-corrected chi connectivity index (χ4v) is 3.70. The minimum Gasteiger partial charge on any atom is -0.481 e. The Balaban J connectivity index is 3.14. The molecular weight excluding hydrogens is 480 g/mol. The normalized spacial score (nSPS) is 15.1. The van der Waals surface area contributed by atoms with Gasteiger partial charge in [-0.25, -0.2) is 4.79 Å². The lowest BCUT2D eigenvalue weighted by Gasteiger charge is -2.28. The Morgan fingerprint density at radius 3 is 1.97 bits per heavy atom. The van der Waals surface area contributed by atoms with Gasteiger partial charge in [-0.05, 0) is 30.2 Å². The van der Waals surface area contributed by atoms with Gasteiger partial charge in [0, 0.05) is 12.8 Å². The Morgan fingerprint density at radius 1 is 0.865 bits per heavy atom. The maximum Gasteiger partial charge on any atom is 0.326 e. The van der Waals surface area contributed by atoms with Gasteiger partial charge in [0.25, 0.3) is 0 Å². The summed E-state index contributed by atoms with van der Waals surface area (Å²) >= 11 is 0. The van der Waals surface area contributed by atoms with E-state index in [0.717, 1.165) is 0 Å². The van der Waals surface area contributed by atoms with Crippen molar-refractivity contribution in [2.75, 3.05) is 0 Å². The van der Waals surface area contributed by atoms with Gasteiger partial charge in [-0.2, -0.15) is 0 Å².